The fourth-order valence-corrected chi connectivity index (χ4v) is 1.83. The zero-order chi connectivity index (χ0) is 17.7. The highest BCUT2D eigenvalue weighted by Gasteiger charge is 2.19. The number of carbonyl (C=O) groups excluding carboxylic acids is 1. The second-order valence-corrected chi connectivity index (χ2v) is 4.06. The fourth-order valence-electron chi connectivity index (χ4n) is 1.83. The van der Waals surface area contributed by atoms with Crippen LogP contribution in [0.4, 0.5) is 0 Å². The summed E-state index contributed by atoms with van der Waals surface area (Å²) in [5, 5.41) is 9.37. The summed E-state index contributed by atoms with van der Waals surface area (Å²) in [6, 6.07) is 11.2. The van der Waals surface area contributed by atoms with Crippen LogP contribution in [0.15, 0.2) is 86.0 Å². The average molecular weight is 307 g/mol. The van der Waals surface area contributed by atoms with Gasteiger partial charge in [-0.25, -0.2) is 4.79 Å². The molecule has 0 spiro atoms. The molecule has 1 aromatic carbocycles. The van der Waals surface area contributed by atoms with E-state index in [1.165, 1.54) is 6.08 Å². The first kappa shape index (κ1) is 19.9. The van der Waals surface area contributed by atoms with E-state index < -0.39 is 5.97 Å². The van der Waals surface area contributed by atoms with Crippen LogP contribution in [0.25, 0.3) is 5.57 Å². The number of hydrogen-bond donors (Lipinski definition) is 0. The highest BCUT2D eigenvalue weighted by molar-refractivity contribution is 6.05. The number of carbonyl (C=O) groups is 1. The molecule has 0 saturated heterocycles. The van der Waals surface area contributed by atoms with Gasteiger partial charge in [-0.2, -0.15) is 5.26 Å². The molecule has 0 heterocycles. The van der Waals surface area contributed by atoms with Gasteiger partial charge in [-0.3, -0.25) is 0 Å². The first-order chi connectivity index (χ1) is 11.2. The van der Waals surface area contributed by atoms with E-state index in [1.54, 1.807) is 12.2 Å². The fraction of sp³-hybridized carbons (Fsp3) is 0.100. The van der Waals surface area contributed by atoms with Crippen molar-refractivity contribution in [1.29, 1.82) is 5.26 Å². The minimum Gasteiger partial charge on any atom is -0.457 e. The summed E-state index contributed by atoms with van der Waals surface area (Å²) >= 11 is 0. The normalized spacial score (nSPS) is 11.0. The minimum atomic E-state index is -0.669. The summed E-state index contributed by atoms with van der Waals surface area (Å²) in [6.07, 6.45) is 4.87. The molecule has 0 aliphatic heterocycles. The maximum Gasteiger partial charge on any atom is 0.349 e. The molecule has 118 valence electrons. The molecule has 3 nitrogen and oxygen atoms in total. The van der Waals surface area contributed by atoms with Gasteiger partial charge in [0, 0.05) is 5.57 Å². The van der Waals surface area contributed by atoms with E-state index in [4.69, 9.17) is 4.74 Å². The molecule has 0 aromatic heterocycles. The summed E-state index contributed by atoms with van der Waals surface area (Å²) in [4.78, 5) is 12.1. The van der Waals surface area contributed by atoms with Crippen molar-refractivity contribution in [1.82, 2.24) is 0 Å². The Balaban J connectivity index is 0.00000232. The number of nitrogens with zero attached hydrogens (tertiary/aromatic N) is 1. The molecule has 0 atom stereocenters. The Kier molecular flexibility index (Phi) is 9.97. The van der Waals surface area contributed by atoms with Gasteiger partial charge in [-0.15, -0.1) is 13.2 Å². The molecule has 1 rings (SSSR count). The molecule has 0 unspecified atom stereocenters. The Morgan fingerprint density at radius 2 is 1.87 bits per heavy atom. The number of rotatable bonds is 6. The van der Waals surface area contributed by atoms with Gasteiger partial charge < -0.3 is 4.74 Å². The summed E-state index contributed by atoms with van der Waals surface area (Å²) in [6.45, 7) is 15.1. The molecule has 0 aliphatic carbocycles. The Labute approximate surface area is 138 Å². The van der Waals surface area contributed by atoms with Gasteiger partial charge in [0.05, 0.1) is 0 Å². The second kappa shape index (κ2) is 11.5. The molecule has 0 bridgehead atoms. The first-order valence-electron chi connectivity index (χ1n) is 6.96. The van der Waals surface area contributed by atoms with Gasteiger partial charge in [0.1, 0.15) is 18.2 Å². The highest BCUT2D eigenvalue weighted by Crippen LogP contribution is 2.28. The van der Waals surface area contributed by atoms with Crippen LogP contribution in [0.3, 0.4) is 0 Å². The van der Waals surface area contributed by atoms with Crippen molar-refractivity contribution < 1.29 is 9.53 Å². The van der Waals surface area contributed by atoms with Gasteiger partial charge in [0.2, 0.25) is 0 Å². The van der Waals surface area contributed by atoms with E-state index in [0.717, 1.165) is 5.56 Å². The lowest BCUT2D eigenvalue weighted by Crippen LogP contribution is -2.10. The molecule has 1 aromatic rings. The van der Waals surface area contributed by atoms with E-state index in [-0.39, 0.29) is 12.2 Å². The van der Waals surface area contributed by atoms with Crippen molar-refractivity contribution in [3.8, 4) is 6.07 Å². The monoisotopic (exact) mass is 307 g/mol. The molecule has 3 heteroatoms. The molecular formula is C20H21NO2. The lowest BCUT2D eigenvalue weighted by atomic mass is 9.93. The number of hydrogen-bond acceptors (Lipinski definition) is 3. The lowest BCUT2D eigenvalue weighted by Gasteiger charge is -2.11. The van der Waals surface area contributed by atoms with Crippen LogP contribution in [0.2, 0.25) is 0 Å². The zero-order valence-corrected chi connectivity index (χ0v) is 13.4. The van der Waals surface area contributed by atoms with Gasteiger partial charge in [0.25, 0.3) is 0 Å². The largest absolute Gasteiger partial charge is 0.457 e. The van der Waals surface area contributed by atoms with E-state index >= 15 is 0 Å². The van der Waals surface area contributed by atoms with Crippen LogP contribution >= 0.6 is 0 Å². The van der Waals surface area contributed by atoms with E-state index in [0.29, 0.717) is 11.1 Å². The van der Waals surface area contributed by atoms with Crippen molar-refractivity contribution in [2.45, 2.75) is 6.92 Å². The molecule has 0 radical (unpaired) electrons. The summed E-state index contributed by atoms with van der Waals surface area (Å²) in [5.41, 5.74) is 1.94. The third-order valence-corrected chi connectivity index (χ3v) is 2.78. The second-order valence-electron chi connectivity index (χ2n) is 4.06. The number of benzene rings is 1. The van der Waals surface area contributed by atoms with Crippen LogP contribution < -0.4 is 0 Å². The number of allylic oxidation sites excluding steroid dienone is 4. The van der Waals surface area contributed by atoms with Crippen LogP contribution in [-0.4, -0.2) is 12.6 Å². The predicted octanol–water partition coefficient (Wildman–Crippen LogP) is 4.63. The number of ether oxygens (including phenoxy) is 1. The SMILES string of the molecule is C=C.C=CCOC(=O)/C(C#N)=C(/C(C=C)=C/C)c1ccccc1. The molecule has 0 amide bonds. The quantitative estimate of drug-likeness (QED) is 0.253. The van der Waals surface area contributed by atoms with Gasteiger partial charge >= 0.3 is 5.97 Å². The van der Waals surface area contributed by atoms with Crippen LogP contribution in [-0.2, 0) is 9.53 Å². The van der Waals surface area contributed by atoms with Crippen molar-refractivity contribution in [3.05, 3.63) is 91.6 Å². The summed E-state index contributed by atoms with van der Waals surface area (Å²) in [5.74, 6) is -0.669. The Hall–Kier alpha value is -3.12. The van der Waals surface area contributed by atoms with E-state index in [2.05, 4.69) is 26.3 Å². The first-order valence-corrected chi connectivity index (χ1v) is 6.96. The molecule has 0 saturated carbocycles. The maximum absolute atomic E-state index is 12.1. The van der Waals surface area contributed by atoms with Crippen molar-refractivity contribution in [2.75, 3.05) is 6.61 Å². The van der Waals surface area contributed by atoms with E-state index in [9.17, 15) is 10.1 Å². The topological polar surface area (TPSA) is 50.1 Å². The number of esters is 1. The maximum atomic E-state index is 12.1. The van der Waals surface area contributed by atoms with Crippen molar-refractivity contribution >= 4 is 11.5 Å². The smallest absolute Gasteiger partial charge is 0.349 e. The Morgan fingerprint density at radius 3 is 2.30 bits per heavy atom. The van der Waals surface area contributed by atoms with Gasteiger partial charge in [-0.05, 0) is 18.1 Å². The Morgan fingerprint density at radius 1 is 1.26 bits per heavy atom. The molecule has 0 aliphatic rings. The Bertz CT molecular complexity index is 646. The van der Waals surface area contributed by atoms with Gasteiger partial charge in [-0.1, -0.05) is 61.7 Å². The third-order valence-electron chi connectivity index (χ3n) is 2.78. The van der Waals surface area contributed by atoms with Crippen LogP contribution in [0.5, 0.6) is 0 Å². The molecule has 0 N–H and O–H groups in total. The van der Waals surface area contributed by atoms with Crippen molar-refractivity contribution in [2.24, 2.45) is 0 Å². The predicted molar refractivity (Wildman–Crippen MR) is 95.3 cm³/mol. The number of nitriles is 1. The lowest BCUT2D eigenvalue weighted by molar-refractivity contribution is -0.137. The molecule has 0 fully saturated rings. The third kappa shape index (κ3) is 5.64. The standard InChI is InChI=1S/C18H17NO2.C2H4/c1-4-12-21-18(20)16(13-19)17(14(5-2)6-3)15-10-8-7-9-11-15;1-2/h4-11H,1-2,12H2,3H3;1-2H2/b14-6+,17-16-;. The van der Waals surface area contributed by atoms with Crippen LogP contribution in [0, 0.1) is 11.3 Å². The summed E-state index contributed by atoms with van der Waals surface area (Å²) < 4.78 is 4.99. The average Bonchev–Trinajstić information content (AvgIpc) is 2.62. The highest BCUT2D eigenvalue weighted by atomic mass is 16.5. The molecular weight excluding hydrogens is 286 g/mol. The van der Waals surface area contributed by atoms with E-state index in [1.807, 2.05) is 43.3 Å². The summed E-state index contributed by atoms with van der Waals surface area (Å²) in [7, 11) is 0. The van der Waals surface area contributed by atoms with Gasteiger partial charge in [0.15, 0.2) is 0 Å². The molecule has 23 heavy (non-hydrogen) atoms. The minimum absolute atomic E-state index is 0.0453. The zero-order valence-electron chi connectivity index (χ0n) is 13.4. The van der Waals surface area contributed by atoms with Crippen LogP contribution in [0.1, 0.15) is 12.5 Å². The van der Waals surface area contributed by atoms with Crippen molar-refractivity contribution in [3.63, 3.8) is 0 Å².